The van der Waals surface area contributed by atoms with Crippen molar-refractivity contribution in [1.82, 2.24) is 10.2 Å². The molecular formula is C19H31N3O. The number of rotatable bonds is 7. The van der Waals surface area contributed by atoms with E-state index in [-0.39, 0.29) is 17.9 Å². The fourth-order valence-electron chi connectivity index (χ4n) is 3.14. The molecule has 2 atom stereocenters. The van der Waals surface area contributed by atoms with Crippen molar-refractivity contribution in [3.05, 3.63) is 35.9 Å². The first kappa shape index (κ1) is 18.0. The Kier molecular flexibility index (Phi) is 7.06. The number of nitrogens with zero attached hydrogens (tertiary/aromatic N) is 1. The Morgan fingerprint density at radius 3 is 2.57 bits per heavy atom. The van der Waals surface area contributed by atoms with Gasteiger partial charge >= 0.3 is 0 Å². The molecule has 0 aliphatic carbocycles. The van der Waals surface area contributed by atoms with E-state index in [9.17, 15) is 4.79 Å². The third-order valence-electron chi connectivity index (χ3n) is 4.90. The minimum Gasteiger partial charge on any atom is -0.353 e. The van der Waals surface area contributed by atoms with E-state index in [0.717, 1.165) is 31.5 Å². The number of benzene rings is 1. The molecule has 0 bridgehead atoms. The summed E-state index contributed by atoms with van der Waals surface area (Å²) < 4.78 is 0. The highest BCUT2D eigenvalue weighted by molar-refractivity contribution is 5.79. The monoisotopic (exact) mass is 317 g/mol. The van der Waals surface area contributed by atoms with Crippen LogP contribution in [0, 0.1) is 5.92 Å². The van der Waals surface area contributed by atoms with Crippen LogP contribution in [0.15, 0.2) is 30.3 Å². The number of hydrogen-bond acceptors (Lipinski definition) is 3. The van der Waals surface area contributed by atoms with E-state index in [1.807, 2.05) is 37.3 Å². The maximum atomic E-state index is 12.5. The summed E-state index contributed by atoms with van der Waals surface area (Å²) in [6, 6.07) is 9.92. The van der Waals surface area contributed by atoms with Crippen LogP contribution in [-0.2, 0) is 4.79 Å². The van der Waals surface area contributed by atoms with E-state index in [0.29, 0.717) is 6.04 Å². The van der Waals surface area contributed by atoms with Gasteiger partial charge in [-0.2, -0.15) is 0 Å². The number of amides is 1. The highest BCUT2D eigenvalue weighted by atomic mass is 16.2. The summed E-state index contributed by atoms with van der Waals surface area (Å²) >= 11 is 0. The largest absolute Gasteiger partial charge is 0.353 e. The van der Waals surface area contributed by atoms with Gasteiger partial charge in [-0.1, -0.05) is 50.6 Å². The number of carbonyl (C=O) groups is 1. The molecule has 1 aromatic carbocycles. The third kappa shape index (κ3) is 5.33. The summed E-state index contributed by atoms with van der Waals surface area (Å²) in [4.78, 5) is 15.0. The maximum absolute atomic E-state index is 12.5. The highest BCUT2D eigenvalue weighted by Crippen LogP contribution is 2.20. The zero-order valence-electron chi connectivity index (χ0n) is 14.5. The maximum Gasteiger partial charge on any atom is 0.224 e. The van der Waals surface area contributed by atoms with Gasteiger partial charge < -0.3 is 16.0 Å². The van der Waals surface area contributed by atoms with Gasteiger partial charge in [0.05, 0.1) is 5.92 Å². The van der Waals surface area contributed by atoms with E-state index in [4.69, 9.17) is 5.73 Å². The van der Waals surface area contributed by atoms with Crippen LogP contribution in [0.5, 0.6) is 0 Å². The first-order chi connectivity index (χ1) is 11.1. The lowest BCUT2D eigenvalue weighted by Crippen LogP contribution is -2.47. The summed E-state index contributed by atoms with van der Waals surface area (Å²) in [7, 11) is 0. The predicted molar refractivity (Wildman–Crippen MR) is 95.0 cm³/mol. The highest BCUT2D eigenvalue weighted by Gasteiger charge is 2.26. The quantitative estimate of drug-likeness (QED) is 0.813. The molecule has 3 N–H and O–H groups in total. The normalized spacial score (nSPS) is 19.3. The summed E-state index contributed by atoms with van der Waals surface area (Å²) in [6.45, 7) is 7.51. The molecule has 4 nitrogen and oxygen atoms in total. The van der Waals surface area contributed by atoms with E-state index >= 15 is 0 Å². The van der Waals surface area contributed by atoms with E-state index in [2.05, 4.69) is 17.1 Å². The number of piperidine rings is 1. The fourth-order valence-corrected chi connectivity index (χ4v) is 3.14. The van der Waals surface area contributed by atoms with Crippen LogP contribution < -0.4 is 11.1 Å². The van der Waals surface area contributed by atoms with Crippen molar-refractivity contribution >= 4 is 5.91 Å². The van der Waals surface area contributed by atoms with Crippen molar-refractivity contribution < 1.29 is 4.79 Å². The number of nitrogens with one attached hydrogen (secondary N) is 1. The molecule has 2 unspecified atom stereocenters. The molecule has 0 aromatic heterocycles. The summed E-state index contributed by atoms with van der Waals surface area (Å²) in [5, 5.41) is 3.20. The fraction of sp³-hybridized carbons (Fsp3) is 0.632. The molecule has 1 aromatic rings. The van der Waals surface area contributed by atoms with Gasteiger partial charge in [-0.15, -0.1) is 0 Å². The standard InChI is InChI=1S/C19H31N3O/c1-3-4-12-22-13-10-17(11-14-22)21-19(23)15(2)18(20)16-8-6-5-7-9-16/h5-9,15,17-18H,3-4,10-14,20H2,1-2H3,(H,21,23). The zero-order valence-corrected chi connectivity index (χ0v) is 14.5. The van der Waals surface area contributed by atoms with Gasteiger partial charge in [-0.05, 0) is 31.4 Å². The van der Waals surface area contributed by atoms with Crippen LogP contribution in [0.25, 0.3) is 0 Å². The van der Waals surface area contributed by atoms with Gasteiger partial charge in [0, 0.05) is 25.2 Å². The number of carbonyl (C=O) groups excluding carboxylic acids is 1. The number of hydrogen-bond donors (Lipinski definition) is 2. The molecule has 1 aliphatic rings. The summed E-state index contributed by atoms with van der Waals surface area (Å²) in [5.41, 5.74) is 7.27. The third-order valence-corrected chi connectivity index (χ3v) is 4.90. The molecule has 0 radical (unpaired) electrons. The average Bonchev–Trinajstić information content (AvgIpc) is 2.60. The van der Waals surface area contributed by atoms with Crippen molar-refractivity contribution in [2.24, 2.45) is 11.7 Å². The molecule has 1 heterocycles. The Morgan fingerprint density at radius 2 is 1.96 bits per heavy atom. The van der Waals surface area contributed by atoms with Crippen LogP contribution in [-0.4, -0.2) is 36.5 Å². The topological polar surface area (TPSA) is 58.4 Å². The van der Waals surface area contributed by atoms with Crippen LogP contribution >= 0.6 is 0 Å². The average molecular weight is 317 g/mol. The molecule has 4 heteroatoms. The van der Waals surface area contributed by atoms with Crippen molar-refractivity contribution in [2.45, 2.75) is 51.6 Å². The predicted octanol–water partition coefficient (Wildman–Crippen LogP) is 2.70. The minimum atomic E-state index is -0.249. The van der Waals surface area contributed by atoms with Crippen LogP contribution in [0.1, 0.15) is 51.1 Å². The van der Waals surface area contributed by atoms with Gasteiger partial charge in [-0.25, -0.2) is 0 Å². The molecular weight excluding hydrogens is 286 g/mol. The van der Waals surface area contributed by atoms with Gasteiger partial charge in [0.25, 0.3) is 0 Å². The second-order valence-electron chi connectivity index (χ2n) is 6.70. The Hall–Kier alpha value is -1.39. The smallest absolute Gasteiger partial charge is 0.224 e. The number of nitrogens with two attached hydrogens (primary N) is 1. The molecule has 0 spiro atoms. The molecule has 2 rings (SSSR count). The lowest BCUT2D eigenvalue weighted by atomic mass is 9.94. The Labute approximate surface area is 140 Å². The minimum absolute atomic E-state index is 0.0772. The first-order valence-corrected chi connectivity index (χ1v) is 8.95. The van der Waals surface area contributed by atoms with E-state index < -0.39 is 0 Å². The second-order valence-corrected chi connectivity index (χ2v) is 6.70. The van der Waals surface area contributed by atoms with Crippen molar-refractivity contribution in [2.75, 3.05) is 19.6 Å². The SMILES string of the molecule is CCCCN1CCC(NC(=O)C(C)C(N)c2ccccc2)CC1. The number of unbranched alkanes of at least 4 members (excludes halogenated alkanes) is 1. The zero-order chi connectivity index (χ0) is 16.7. The van der Waals surface area contributed by atoms with Crippen LogP contribution in [0.3, 0.4) is 0 Å². The molecule has 1 aliphatic heterocycles. The van der Waals surface area contributed by atoms with Gasteiger partial charge in [0.1, 0.15) is 0 Å². The summed E-state index contributed by atoms with van der Waals surface area (Å²) in [6.07, 6.45) is 4.59. The van der Waals surface area contributed by atoms with Crippen molar-refractivity contribution in [3.63, 3.8) is 0 Å². The van der Waals surface area contributed by atoms with E-state index in [1.54, 1.807) is 0 Å². The lowest BCUT2D eigenvalue weighted by molar-refractivity contribution is -0.126. The number of likely N-dealkylation sites (tertiary alicyclic amines) is 1. The molecule has 0 saturated carbocycles. The molecule has 1 saturated heterocycles. The Balaban J connectivity index is 1.78. The van der Waals surface area contributed by atoms with Crippen molar-refractivity contribution in [3.8, 4) is 0 Å². The van der Waals surface area contributed by atoms with Gasteiger partial charge in [0.15, 0.2) is 0 Å². The van der Waals surface area contributed by atoms with Gasteiger partial charge in [0.2, 0.25) is 5.91 Å². The molecule has 1 amide bonds. The Bertz CT molecular complexity index is 469. The van der Waals surface area contributed by atoms with Crippen molar-refractivity contribution in [1.29, 1.82) is 0 Å². The van der Waals surface area contributed by atoms with Crippen LogP contribution in [0.4, 0.5) is 0 Å². The Morgan fingerprint density at radius 1 is 1.30 bits per heavy atom. The molecule has 23 heavy (non-hydrogen) atoms. The molecule has 1 fully saturated rings. The van der Waals surface area contributed by atoms with E-state index in [1.165, 1.54) is 19.4 Å². The summed E-state index contributed by atoms with van der Waals surface area (Å²) in [5.74, 6) is -0.135. The first-order valence-electron chi connectivity index (χ1n) is 8.95. The lowest BCUT2D eigenvalue weighted by Gasteiger charge is -2.33. The second kappa shape index (κ2) is 9.04. The molecule has 128 valence electrons. The van der Waals surface area contributed by atoms with Crippen LogP contribution in [0.2, 0.25) is 0 Å². The van der Waals surface area contributed by atoms with Gasteiger partial charge in [-0.3, -0.25) is 4.79 Å².